The van der Waals surface area contributed by atoms with Gasteiger partial charge in [0.2, 0.25) is 5.82 Å². The van der Waals surface area contributed by atoms with Crippen LogP contribution in [0, 0.1) is 0 Å². The highest BCUT2D eigenvalue weighted by atomic mass is 35.5. The van der Waals surface area contributed by atoms with Crippen molar-refractivity contribution in [1.82, 2.24) is 20.1 Å². The zero-order chi connectivity index (χ0) is 18.9. The molecule has 0 radical (unpaired) electrons. The van der Waals surface area contributed by atoms with Gasteiger partial charge < -0.3 is 15.2 Å². The predicted molar refractivity (Wildman–Crippen MR) is 94.0 cm³/mol. The predicted octanol–water partition coefficient (Wildman–Crippen LogP) is 2.11. The van der Waals surface area contributed by atoms with Crippen molar-refractivity contribution in [2.24, 2.45) is 0 Å². The molecule has 1 aromatic carbocycles. The molecule has 1 fully saturated rings. The highest BCUT2D eigenvalue weighted by Crippen LogP contribution is 2.29. The second-order valence-corrected chi connectivity index (χ2v) is 6.65. The van der Waals surface area contributed by atoms with Gasteiger partial charge in [-0.15, -0.1) is 5.10 Å². The summed E-state index contributed by atoms with van der Waals surface area (Å²) in [6, 6.07) is 5.00. The van der Waals surface area contributed by atoms with Crippen LogP contribution in [0.25, 0.3) is 5.69 Å². The van der Waals surface area contributed by atoms with Crippen molar-refractivity contribution in [2.45, 2.75) is 25.3 Å². The lowest BCUT2D eigenvalue weighted by molar-refractivity contribution is -0.144. The van der Waals surface area contributed by atoms with Crippen LogP contribution in [0.2, 0.25) is 10.0 Å². The number of aromatic nitrogens is 3. The monoisotopic (exact) mass is 398 g/mol. The summed E-state index contributed by atoms with van der Waals surface area (Å²) >= 11 is 12.4. The van der Waals surface area contributed by atoms with Gasteiger partial charge in [0.1, 0.15) is 11.5 Å². The topological polar surface area (TPSA) is 106 Å². The largest absolute Gasteiger partial charge is 0.479 e. The molecule has 10 heteroatoms. The van der Waals surface area contributed by atoms with E-state index in [0.29, 0.717) is 28.0 Å². The van der Waals surface area contributed by atoms with Crippen LogP contribution in [-0.4, -0.2) is 50.5 Å². The minimum atomic E-state index is -1.48. The molecule has 2 N–H and O–H groups in total. The lowest BCUT2D eigenvalue weighted by Gasteiger charge is -2.22. The molecule has 1 amide bonds. The number of carboxylic acid groups (broad SMARTS) is 1. The maximum atomic E-state index is 12.6. The van der Waals surface area contributed by atoms with Crippen molar-refractivity contribution in [3.8, 4) is 5.69 Å². The van der Waals surface area contributed by atoms with Crippen LogP contribution in [-0.2, 0) is 16.0 Å². The Kier molecular flexibility index (Phi) is 5.17. The van der Waals surface area contributed by atoms with Crippen LogP contribution in [0.3, 0.4) is 0 Å². The Morgan fingerprint density at radius 3 is 2.62 bits per heavy atom. The minimum Gasteiger partial charge on any atom is -0.479 e. The molecule has 0 aliphatic carbocycles. The number of nitrogens with one attached hydrogen (secondary N) is 1. The maximum Gasteiger partial charge on any atom is 0.331 e. The molecule has 0 bridgehead atoms. The zero-order valence-electron chi connectivity index (χ0n) is 13.8. The van der Waals surface area contributed by atoms with Gasteiger partial charge in [0.15, 0.2) is 5.54 Å². The molecule has 1 saturated heterocycles. The van der Waals surface area contributed by atoms with E-state index in [1.54, 1.807) is 18.2 Å². The summed E-state index contributed by atoms with van der Waals surface area (Å²) in [6.07, 6.45) is 0.640. The Morgan fingerprint density at radius 2 is 2.08 bits per heavy atom. The third-order valence-electron chi connectivity index (χ3n) is 4.13. The van der Waals surface area contributed by atoms with Gasteiger partial charge in [-0.3, -0.25) is 4.79 Å². The minimum absolute atomic E-state index is 0.105. The Bertz CT molecular complexity index is 842. The van der Waals surface area contributed by atoms with E-state index in [4.69, 9.17) is 27.9 Å². The van der Waals surface area contributed by atoms with Crippen molar-refractivity contribution in [3.63, 3.8) is 0 Å². The van der Waals surface area contributed by atoms with E-state index in [9.17, 15) is 14.7 Å². The van der Waals surface area contributed by atoms with E-state index < -0.39 is 17.4 Å². The van der Waals surface area contributed by atoms with E-state index in [0.717, 1.165) is 0 Å². The van der Waals surface area contributed by atoms with Gasteiger partial charge in [-0.05, 0) is 12.1 Å². The van der Waals surface area contributed by atoms with Crippen molar-refractivity contribution < 1.29 is 19.4 Å². The number of para-hydroxylation sites is 1. The standard InChI is InChI=1S/C16H16Cl2N4O4/c1-2-11-19-13(14(23)20-16(15(24)25)6-7-26-8-16)21-22(11)12-9(17)4-3-5-10(12)18/h3-5H,2,6-8H2,1H3,(H,20,23)(H,24,25). The summed E-state index contributed by atoms with van der Waals surface area (Å²) in [5.41, 5.74) is -1.06. The number of hydrogen-bond acceptors (Lipinski definition) is 5. The number of aliphatic carboxylic acids is 1. The fraction of sp³-hybridized carbons (Fsp3) is 0.375. The van der Waals surface area contributed by atoms with Gasteiger partial charge in [-0.1, -0.05) is 36.2 Å². The van der Waals surface area contributed by atoms with Gasteiger partial charge in [0.25, 0.3) is 5.91 Å². The molecule has 8 nitrogen and oxygen atoms in total. The van der Waals surface area contributed by atoms with E-state index in [2.05, 4.69) is 15.4 Å². The van der Waals surface area contributed by atoms with Crippen LogP contribution >= 0.6 is 23.2 Å². The number of carbonyl (C=O) groups excluding carboxylic acids is 1. The van der Waals surface area contributed by atoms with E-state index in [1.165, 1.54) is 4.68 Å². The lowest BCUT2D eigenvalue weighted by atomic mass is 9.99. The first-order chi connectivity index (χ1) is 12.4. The van der Waals surface area contributed by atoms with E-state index in [1.807, 2.05) is 6.92 Å². The van der Waals surface area contributed by atoms with Crippen molar-refractivity contribution in [1.29, 1.82) is 0 Å². The number of aryl methyl sites for hydroxylation is 1. The Morgan fingerprint density at radius 1 is 1.38 bits per heavy atom. The molecule has 3 rings (SSSR count). The Balaban J connectivity index is 1.96. The number of rotatable bonds is 5. The van der Waals surface area contributed by atoms with E-state index >= 15 is 0 Å². The van der Waals surface area contributed by atoms with E-state index in [-0.39, 0.29) is 25.5 Å². The number of nitrogens with zero attached hydrogens (tertiary/aromatic N) is 3. The number of carbonyl (C=O) groups is 2. The van der Waals surface area contributed by atoms with Crippen LogP contribution < -0.4 is 5.32 Å². The van der Waals surface area contributed by atoms with Crippen molar-refractivity contribution >= 4 is 35.1 Å². The third kappa shape index (κ3) is 3.27. The molecular weight excluding hydrogens is 383 g/mol. The first-order valence-corrected chi connectivity index (χ1v) is 8.67. The average Bonchev–Trinajstić information content (AvgIpc) is 3.22. The SMILES string of the molecule is CCc1nc(C(=O)NC2(C(=O)O)CCOC2)nn1-c1c(Cl)cccc1Cl. The molecule has 138 valence electrons. The quantitative estimate of drug-likeness (QED) is 0.798. The van der Waals surface area contributed by atoms with Gasteiger partial charge in [-0.2, -0.15) is 0 Å². The third-order valence-corrected chi connectivity index (χ3v) is 4.74. The van der Waals surface area contributed by atoms with Gasteiger partial charge in [0.05, 0.1) is 16.7 Å². The molecule has 1 aromatic heterocycles. The number of halogens is 2. The summed E-state index contributed by atoms with van der Waals surface area (Å²) in [5, 5.41) is 16.8. The Labute approximate surface area is 159 Å². The summed E-state index contributed by atoms with van der Waals surface area (Å²) in [4.78, 5) is 28.3. The number of ether oxygens (including phenoxy) is 1. The van der Waals surface area contributed by atoms with Crippen LogP contribution in [0.5, 0.6) is 0 Å². The Hall–Kier alpha value is -2.16. The second kappa shape index (κ2) is 7.22. The molecule has 26 heavy (non-hydrogen) atoms. The summed E-state index contributed by atoms with van der Waals surface area (Å²) in [5.74, 6) is -1.55. The first-order valence-electron chi connectivity index (χ1n) is 7.92. The summed E-state index contributed by atoms with van der Waals surface area (Å²) in [6.45, 7) is 1.99. The van der Waals surface area contributed by atoms with Crippen molar-refractivity contribution in [3.05, 3.63) is 39.9 Å². The first kappa shape index (κ1) is 18.6. The molecule has 1 unspecified atom stereocenters. The summed E-state index contributed by atoms with van der Waals surface area (Å²) in [7, 11) is 0. The highest BCUT2D eigenvalue weighted by molar-refractivity contribution is 6.37. The molecule has 1 atom stereocenters. The lowest BCUT2D eigenvalue weighted by Crippen LogP contribution is -2.55. The molecule has 1 aliphatic heterocycles. The molecular formula is C16H16Cl2N4O4. The molecule has 2 heterocycles. The van der Waals surface area contributed by atoms with Gasteiger partial charge in [0, 0.05) is 19.4 Å². The fourth-order valence-electron chi connectivity index (χ4n) is 2.70. The molecule has 1 aliphatic rings. The zero-order valence-corrected chi connectivity index (χ0v) is 15.3. The average molecular weight is 399 g/mol. The number of hydrogen-bond donors (Lipinski definition) is 2. The van der Waals surface area contributed by atoms with Gasteiger partial charge >= 0.3 is 5.97 Å². The summed E-state index contributed by atoms with van der Waals surface area (Å²) < 4.78 is 6.53. The molecule has 2 aromatic rings. The molecule has 0 spiro atoms. The number of amides is 1. The molecule has 0 saturated carbocycles. The number of carboxylic acids is 1. The van der Waals surface area contributed by atoms with Gasteiger partial charge in [-0.25, -0.2) is 14.5 Å². The smallest absolute Gasteiger partial charge is 0.331 e. The second-order valence-electron chi connectivity index (χ2n) is 5.83. The van der Waals surface area contributed by atoms with Crippen LogP contribution in [0.1, 0.15) is 29.8 Å². The maximum absolute atomic E-state index is 12.6. The number of benzene rings is 1. The fourth-order valence-corrected chi connectivity index (χ4v) is 3.26. The highest BCUT2D eigenvalue weighted by Gasteiger charge is 2.44. The normalized spacial score (nSPS) is 19.5. The van der Waals surface area contributed by atoms with Crippen LogP contribution in [0.15, 0.2) is 18.2 Å². The van der Waals surface area contributed by atoms with Crippen molar-refractivity contribution in [2.75, 3.05) is 13.2 Å². The van der Waals surface area contributed by atoms with Crippen LogP contribution in [0.4, 0.5) is 0 Å².